The summed E-state index contributed by atoms with van der Waals surface area (Å²) in [5.74, 6) is 2.17. The predicted octanol–water partition coefficient (Wildman–Crippen LogP) is 6.79. The smallest absolute Gasteiger partial charge is 1.00 e. The third kappa shape index (κ3) is 10.1. The van der Waals surface area contributed by atoms with Crippen molar-refractivity contribution in [2.24, 2.45) is 5.73 Å². The van der Waals surface area contributed by atoms with Crippen LogP contribution in [0.5, 0.6) is 11.5 Å². The van der Waals surface area contributed by atoms with E-state index in [2.05, 4.69) is 76.5 Å². The summed E-state index contributed by atoms with van der Waals surface area (Å²) in [6, 6.07) is 33.6. The number of nitriles is 1. The molecule has 4 aromatic carbocycles. The van der Waals surface area contributed by atoms with Gasteiger partial charge in [-0.15, -0.1) is 0 Å². The summed E-state index contributed by atoms with van der Waals surface area (Å²) in [5, 5.41) is 8.97. The molecule has 6 aliphatic rings. The predicted molar refractivity (Wildman–Crippen MR) is 226 cm³/mol. The van der Waals surface area contributed by atoms with E-state index in [-0.39, 0.29) is 50.6 Å². The minimum Gasteiger partial charge on any atom is -1.00 e. The van der Waals surface area contributed by atoms with Crippen LogP contribution in [0.25, 0.3) is 22.3 Å². The number of hydrogen-bond donors (Lipinski definition) is 1. The summed E-state index contributed by atoms with van der Waals surface area (Å²) in [5.41, 5.74) is 15.3. The molecule has 0 amide bonds. The molecule has 2 aliphatic carbocycles. The molecule has 2 saturated heterocycles. The van der Waals surface area contributed by atoms with Crippen LogP contribution in [0.2, 0.25) is 0 Å². The molecular weight excluding hydrogens is 804 g/mol. The molecule has 2 N–H and O–H groups in total. The van der Waals surface area contributed by atoms with E-state index in [1.807, 2.05) is 24.3 Å². The molecule has 0 atom stereocenters. The number of fused-ring (bicyclic) bond motifs is 2. The number of likely N-dealkylation sites (tertiary alicyclic amines) is 2. The first-order valence-corrected chi connectivity index (χ1v) is 23.0. The summed E-state index contributed by atoms with van der Waals surface area (Å²) >= 11 is 0.382. The van der Waals surface area contributed by atoms with Gasteiger partial charge >= 0.3 is 62.7 Å². The van der Waals surface area contributed by atoms with Gasteiger partial charge in [0.2, 0.25) is 0 Å². The zero-order valence-corrected chi connectivity index (χ0v) is 37.7. The Kier molecular flexibility index (Phi) is 15.7. The molecule has 0 unspecified atom stereocenters. The Morgan fingerprint density at radius 1 is 0.667 bits per heavy atom. The molecule has 2 saturated carbocycles. The van der Waals surface area contributed by atoms with Crippen molar-refractivity contribution in [1.29, 1.82) is 5.26 Å². The second-order valence-electron chi connectivity index (χ2n) is 16.4. The molecule has 10 rings (SSSR count). The van der Waals surface area contributed by atoms with Gasteiger partial charge in [-0.05, 0) is 101 Å². The first-order valence-electron chi connectivity index (χ1n) is 20.2. The van der Waals surface area contributed by atoms with Crippen molar-refractivity contribution < 1.29 is 53.4 Å². The molecule has 0 aromatic heterocycles. The van der Waals surface area contributed by atoms with E-state index >= 15 is 0 Å². The topological polar surface area (TPSA) is 74.8 Å². The molecule has 4 fully saturated rings. The molecule has 2 spiro atoms. The molecule has 11 heteroatoms. The van der Waals surface area contributed by atoms with Crippen LogP contribution in [-0.4, -0.2) is 67.7 Å². The van der Waals surface area contributed by atoms with Crippen LogP contribution < -0.4 is 44.8 Å². The van der Waals surface area contributed by atoms with Gasteiger partial charge in [0, 0.05) is 91.7 Å². The van der Waals surface area contributed by atoms with E-state index in [0.717, 1.165) is 54.8 Å². The Bertz CT molecular complexity index is 1980. The molecule has 57 heavy (non-hydrogen) atoms. The summed E-state index contributed by atoms with van der Waals surface area (Å²) < 4.78 is 13.0. The van der Waals surface area contributed by atoms with Gasteiger partial charge < -0.3 is 26.4 Å². The fraction of sp³-hybridized carbons (Fsp3) is 0.457. The monoisotopic (exact) mass is 856 g/mol. The van der Waals surface area contributed by atoms with Crippen LogP contribution in [-0.2, 0) is 32.3 Å². The van der Waals surface area contributed by atoms with Crippen LogP contribution in [0, 0.1) is 11.3 Å². The maximum Gasteiger partial charge on any atom is 1.00 e. The van der Waals surface area contributed by atoms with Crippen molar-refractivity contribution in [2.45, 2.75) is 107 Å². The Morgan fingerprint density at radius 2 is 1.05 bits per heavy atom. The zero-order valence-electron chi connectivity index (χ0n) is 34.2. The maximum absolute atomic E-state index is 8.97. The molecule has 0 bridgehead atoms. The summed E-state index contributed by atoms with van der Waals surface area (Å²) in [4.78, 5) is 5.38. The SMILES string of the molecule is N#Cc1ccc(-c2ccc3c(c2)CC2(CCN(C4CCC4)CC2)O3)cc1.NCc1ccc(-c2ccc3c(c2)CC2(CCN(C4CCC4)CC2)O3)cc1.[B].[Cl][Co][Cl].[H-].[Na+]. The van der Waals surface area contributed by atoms with E-state index < -0.39 is 0 Å². The third-order valence-electron chi connectivity index (χ3n) is 13.3. The number of nitrogens with zero attached hydrogens (tertiary/aromatic N) is 3. The number of hydrogen-bond acceptors (Lipinski definition) is 6. The van der Waals surface area contributed by atoms with Crippen molar-refractivity contribution >= 4 is 28.7 Å². The van der Waals surface area contributed by atoms with E-state index in [9.17, 15) is 0 Å². The molecule has 4 aromatic rings. The summed E-state index contributed by atoms with van der Waals surface area (Å²) in [6.07, 6.45) is 15.1. The normalized spacial score (nSPS) is 20.3. The van der Waals surface area contributed by atoms with Crippen LogP contribution in [0.4, 0.5) is 0 Å². The fourth-order valence-corrected chi connectivity index (χ4v) is 9.45. The van der Waals surface area contributed by atoms with Gasteiger partial charge in [-0.2, -0.15) is 5.26 Å². The first kappa shape index (κ1) is 44.6. The quantitative estimate of drug-likeness (QED) is 0.223. The minimum atomic E-state index is 0. The van der Waals surface area contributed by atoms with Crippen molar-refractivity contribution in [1.82, 2.24) is 9.80 Å². The van der Waals surface area contributed by atoms with E-state index in [1.54, 1.807) is 0 Å². The molecular formula is C46H53BCl2CoN4NaO2. The number of piperidine rings is 2. The third-order valence-corrected chi connectivity index (χ3v) is 13.3. The average Bonchev–Trinajstić information content (AvgIpc) is 3.72. The van der Waals surface area contributed by atoms with Gasteiger partial charge in [0.05, 0.1) is 11.6 Å². The van der Waals surface area contributed by atoms with E-state index in [4.69, 9.17) is 40.8 Å². The van der Waals surface area contributed by atoms with Gasteiger partial charge in [0.1, 0.15) is 22.7 Å². The van der Waals surface area contributed by atoms with E-state index in [0.29, 0.717) is 25.0 Å². The van der Waals surface area contributed by atoms with Crippen LogP contribution in [0.15, 0.2) is 84.9 Å². The minimum absolute atomic E-state index is 0. The number of rotatable bonds is 5. The van der Waals surface area contributed by atoms with Crippen molar-refractivity contribution in [3.8, 4) is 39.8 Å². The number of benzene rings is 4. The van der Waals surface area contributed by atoms with Gasteiger partial charge in [-0.3, -0.25) is 0 Å². The van der Waals surface area contributed by atoms with Gasteiger partial charge in [0.15, 0.2) is 0 Å². The van der Waals surface area contributed by atoms with Crippen molar-refractivity contribution in [3.05, 3.63) is 107 Å². The second kappa shape index (κ2) is 20.0. The Hall–Kier alpha value is -2.00. The molecule has 4 heterocycles. The van der Waals surface area contributed by atoms with Gasteiger partial charge in [-0.1, -0.05) is 61.4 Å². The Labute approximate surface area is 380 Å². The standard InChI is InChI=1S/C23H28N2O.C23H24N2O.B.2ClH.Co.Na.H/c2*24-16-17-4-6-18(7-5-17)19-8-9-22-20(14-19)15-23(26-22)10-12-25(13-11-23)21-2-1-3-21;;;;;;/h4-9,14,21H,1-3,10-13,15-16,24H2;4-9,14,21H,1-3,10-13,15H2;;2*1H;;;/q;;;;;+2;+1;-1/p-2. The van der Waals surface area contributed by atoms with E-state index in [1.165, 1.54) is 111 Å². The van der Waals surface area contributed by atoms with Crippen LogP contribution in [0.3, 0.4) is 0 Å². The summed E-state index contributed by atoms with van der Waals surface area (Å²) in [7, 11) is 9.47. The van der Waals surface area contributed by atoms with Crippen LogP contribution in [0.1, 0.15) is 87.9 Å². The number of halogens is 2. The molecule has 4 aliphatic heterocycles. The van der Waals surface area contributed by atoms with Crippen molar-refractivity contribution in [3.63, 3.8) is 0 Å². The van der Waals surface area contributed by atoms with Gasteiger partial charge in [0.25, 0.3) is 0 Å². The summed E-state index contributed by atoms with van der Waals surface area (Å²) in [6.45, 7) is 5.36. The second-order valence-corrected chi connectivity index (χ2v) is 18.2. The first-order chi connectivity index (χ1) is 26.9. The largest absolute Gasteiger partial charge is 1.00 e. The number of nitrogens with two attached hydrogens (primary N) is 1. The Morgan fingerprint density at radius 3 is 1.40 bits per heavy atom. The molecule has 296 valence electrons. The van der Waals surface area contributed by atoms with Gasteiger partial charge in [-0.25, -0.2) is 0 Å². The van der Waals surface area contributed by atoms with Crippen molar-refractivity contribution in [2.75, 3.05) is 26.2 Å². The molecule has 6 nitrogen and oxygen atoms in total. The fourth-order valence-electron chi connectivity index (χ4n) is 9.45. The average molecular weight is 858 g/mol. The Balaban J connectivity index is 0.000000198. The maximum atomic E-state index is 8.97. The number of ether oxygens (including phenoxy) is 2. The zero-order chi connectivity index (χ0) is 37.8. The van der Waals surface area contributed by atoms with Crippen LogP contribution >= 0.6 is 20.3 Å². The molecule has 3 radical (unpaired) electrons.